The number of carbonyl (C=O) groups is 1. The summed E-state index contributed by atoms with van der Waals surface area (Å²) < 4.78 is 13.1. The first-order valence-corrected chi connectivity index (χ1v) is 9.24. The summed E-state index contributed by atoms with van der Waals surface area (Å²) in [4.78, 5) is 19.2. The molecular weight excluding hydrogens is 329 g/mol. The van der Waals surface area contributed by atoms with Crippen LogP contribution in [0.25, 0.3) is 0 Å². The number of benzene rings is 2. The van der Waals surface area contributed by atoms with Crippen molar-refractivity contribution in [3.05, 3.63) is 59.9 Å². The number of nitrogens with zero attached hydrogens (tertiary/aromatic N) is 3. The van der Waals surface area contributed by atoms with Gasteiger partial charge in [0.05, 0.1) is 6.54 Å². The topological polar surface area (TPSA) is 26.8 Å². The summed E-state index contributed by atoms with van der Waals surface area (Å²) >= 11 is 0. The molecule has 0 N–H and O–H groups in total. The van der Waals surface area contributed by atoms with Crippen LogP contribution in [0.15, 0.2) is 48.5 Å². The number of hydrogen-bond acceptors (Lipinski definition) is 3. The number of halogens is 1. The highest BCUT2D eigenvalue weighted by Gasteiger charge is 2.29. The monoisotopic (exact) mass is 353 g/mol. The highest BCUT2D eigenvalue weighted by molar-refractivity contribution is 5.83. The van der Waals surface area contributed by atoms with Gasteiger partial charge in [0, 0.05) is 43.6 Å². The summed E-state index contributed by atoms with van der Waals surface area (Å²) in [5.74, 6) is -0.0325. The molecule has 0 bridgehead atoms. The Balaban J connectivity index is 1.36. The number of piperazine rings is 1. The second-order valence-corrected chi connectivity index (χ2v) is 7.15. The molecule has 4 rings (SSSR count). The molecule has 2 aromatic rings. The molecule has 2 aliphatic heterocycles. The number of anilines is 2. The van der Waals surface area contributed by atoms with E-state index in [4.69, 9.17) is 0 Å². The number of para-hydroxylation sites is 1. The van der Waals surface area contributed by atoms with E-state index in [1.807, 2.05) is 11.0 Å². The van der Waals surface area contributed by atoms with Crippen LogP contribution < -0.4 is 9.80 Å². The highest BCUT2D eigenvalue weighted by atomic mass is 19.1. The van der Waals surface area contributed by atoms with Crippen LogP contribution in [0.5, 0.6) is 0 Å². The third-order valence-corrected chi connectivity index (χ3v) is 5.48. The minimum absolute atomic E-state index is 0.187. The predicted octanol–water partition coefficient (Wildman–Crippen LogP) is 2.93. The van der Waals surface area contributed by atoms with E-state index in [-0.39, 0.29) is 11.7 Å². The number of amides is 1. The molecule has 0 spiro atoms. The van der Waals surface area contributed by atoms with Gasteiger partial charge in [0.2, 0.25) is 5.91 Å². The molecule has 136 valence electrons. The number of fused-ring (bicyclic) bond motifs is 1. The molecular formula is C21H24FN3O. The largest absolute Gasteiger partial charge is 0.368 e. The van der Waals surface area contributed by atoms with Crippen LogP contribution in [0.2, 0.25) is 0 Å². The Kier molecular flexibility index (Phi) is 4.53. The van der Waals surface area contributed by atoms with E-state index in [2.05, 4.69) is 34.9 Å². The molecule has 0 aliphatic carbocycles. The van der Waals surface area contributed by atoms with E-state index in [1.54, 1.807) is 12.1 Å². The fraction of sp³-hybridized carbons (Fsp3) is 0.381. The van der Waals surface area contributed by atoms with E-state index in [9.17, 15) is 9.18 Å². The number of hydrogen-bond donors (Lipinski definition) is 0. The van der Waals surface area contributed by atoms with Crippen LogP contribution in [-0.2, 0) is 11.2 Å². The summed E-state index contributed by atoms with van der Waals surface area (Å²) in [5.41, 5.74) is 3.54. The van der Waals surface area contributed by atoms with Crippen molar-refractivity contribution in [1.29, 1.82) is 0 Å². The fourth-order valence-electron chi connectivity index (χ4n) is 3.98. The lowest BCUT2D eigenvalue weighted by atomic mass is 10.1. The molecule has 5 heteroatoms. The lowest BCUT2D eigenvalue weighted by Crippen LogP contribution is -2.51. The van der Waals surface area contributed by atoms with Crippen LogP contribution in [0, 0.1) is 5.82 Å². The van der Waals surface area contributed by atoms with Crippen LogP contribution in [0.4, 0.5) is 15.8 Å². The molecule has 0 radical (unpaired) electrons. The van der Waals surface area contributed by atoms with Gasteiger partial charge in [0.15, 0.2) is 0 Å². The lowest BCUT2D eigenvalue weighted by Gasteiger charge is -2.37. The van der Waals surface area contributed by atoms with E-state index in [0.29, 0.717) is 25.7 Å². The first kappa shape index (κ1) is 16.9. The van der Waals surface area contributed by atoms with Crippen molar-refractivity contribution in [2.45, 2.75) is 19.4 Å². The van der Waals surface area contributed by atoms with Crippen molar-refractivity contribution in [2.24, 2.45) is 0 Å². The van der Waals surface area contributed by atoms with Crippen LogP contribution in [-0.4, -0.2) is 49.6 Å². The molecule has 2 aliphatic rings. The molecule has 0 unspecified atom stereocenters. The molecule has 0 aromatic heterocycles. The van der Waals surface area contributed by atoms with Gasteiger partial charge >= 0.3 is 0 Å². The summed E-state index contributed by atoms with van der Waals surface area (Å²) in [7, 11) is 0. The average Bonchev–Trinajstić information content (AvgIpc) is 2.98. The average molecular weight is 353 g/mol. The third-order valence-electron chi connectivity index (χ3n) is 5.48. The zero-order valence-corrected chi connectivity index (χ0v) is 15.1. The van der Waals surface area contributed by atoms with Crippen LogP contribution in [0.3, 0.4) is 0 Å². The normalized spacial score (nSPS) is 19.6. The van der Waals surface area contributed by atoms with Crippen LogP contribution >= 0.6 is 0 Å². The Hall–Kier alpha value is -2.56. The third kappa shape index (κ3) is 3.26. The van der Waals surface area contributed by atoms with Gasteiger partial charge in [-0.05, 0) is 49.2 Å². The molecule has 2 aromatic carbocycles. The predicted molar refractivity (Wildman–Crippen MR) is 102 cm³/mol. The van der Waals surface area contributed by atoms with Crippen LogP contribution in [0.1, 0.15) is 12.5 Å². The molecule has 1 atom stereocenters. The van der Waals surface area contributed by atoms with Crippen molar-refractivity contribution < 1.29 is 9.18 Å². The maximum Gasteiger partial charge on any atom is 0.242 e. The smallest absolute Gasteiger partial charge is 0.242 e. The summed E-state index contributed by atoms with van der Waals surface area (Å²) in [6.07, 6.45) is 1.00. The first-order chi connectivity index (χ1) is 12.6. The Bertz CT molecular complexity index is 784. The lowest BCUT2D eigenvalue weighted by molar-refractivity contribution is -0.130. The van der Waals surface area contributed by atoms with Crippen molar-refractivity contribution in [2.75, 3.05) is 42.5 Å². The summed E-state index contributed by atoms with van der Waals surface area (Å²) in [5, 5.41) is 0. The van der Waals surface area contributed by atoms with E-state index >= 15 is 0 Å². The number of carbonyl (C=O) groups excluding carboxylic acids is 1. The minimum atomic E-state index is -0.220. The number of rotatable bonds is 3. The minimum Gasteiger partial charge on any atom is -0.368 e. The van der Waals surface area contributed by atoms with Gasteiger partial charge in [-0.15, -0.1) is 0 Å². The molecule has 26 heavy (non-hydrogen) atoms. The molecule has 4 nitrogen and oxygen atoms in total. The van der Waals surface area contributed by atoms with Crippen molar-refractivity contribution in [1.82, 2.24) is 4.90 Å². The second-order valence-electron chi connectivity index (χ2n) is 7.15. The van der Waals surface area contributed by atoms with Gasteiger partial charge in [-0.1, -0.05) is 18.2 Å². The van der Waals surface area contributed by atoms with Gasteiger partial charge in [0.1, 0.15) is 5.82 Å². The Labute approximate surface area is 153 Å². The van der Waals surface area contributed by atoms with Gasteiger partial charge in [-0.2, -0.15) is 0 Å². The molecule has 0 saturated carbocycles. The van der Waals surface area contributed by atoms with Gasteiger partial charge in [-0.3, -0.25) is 4.79 Å². The van der Waals surface area contributed by atoms with Crippen molar-refractivity contribution in [3.8, 4) is 0 Å². The second kappa shape index (κ2) is 6.98. The maximum absolute atomic E-state index is 13.1. The van der Waals surface area contributed by atoms with E-state index in [0.717, 1.165) is 25.2 Å². The Morgan fingerprint density at radius 1 is 1.04 bits per heavy atom. The molecule has 1 saturated heterocycles. The SMILES string of the molecule is C[C@@H]1Cc2ccccc2N1CC(=O)N1CCN(c2ccc(F)cc2)CC1. The standard InChI is InChI=1S/C21H24FN3O/c1-16-14-17-4-2-3-5-20(17)25(16)15-21(26)24-12-10-23(11-13-24)19-8-6-18(22)7-9-19/h2-9,16H,10-15H2,1H3/t16-/m1/s1. The zero-order valence-electron chi connectivity index (χ0n) is 15.1. The molecule has 1 amide bonds. The highest BCUT2D eigenvalue weighted by Crippen LogP contribution is 2.31. The van der Waals surface area contributed by atoms with Crippen molar-refractivity contribution in [3.63, 3.8) is 0 Å². The Morgan fingerprint density at radius 3 is 2.46 bits per heavy atom. The van der Waals surface area contributed by atoms with E-state index in [1.165, 1.54) is 23.4 Å². The zero-order chi connectivity index (χ0) is 18.1. The quantitative estimate of drug-likeness (QED) is 0.849. The molecule has 1 fully saturated rings. The first-order valence-electron chi connectivity index (χ1n) is 9.24. The van der Waals surface area contributed by atoms with Gasteiger partial charge < -0.3 is 14.7 Å². The van der Waals surface area contributed by atoms with E-state index < -0.39 is 0 Å². The fourth-order valence-corrected chi connectivity index (χ4v) is 3.98. The van der Waals surface area contributed by atoms with Gasteiger partial charge in [-0.25, -0.2) is 4.39 Å². The summed E-state index contributed by atoms with van der Waals surface area (Å²) in [6.45, 7) is 5.60. The Morgan fingerprint density at radius 2 is 1.73 bits per heavy atom. The maximum atomic E-state index is 13.1. The summed E-state index contributed by atoms with van der Waals surface area (Å²) in [6, 6.07) is 15.3. The van der Waals surface area contributed by atoms with Crippen molar-refractivity contribution >= 4 is 17.3 Å². The molecule has 2 heterocycles. The van der Waals surface area contributed by atoms with Gasteiger partial charge in [0.25, 0.3) is 0 Å².